The molecule has 0 bridgehead atoms. The monoisotopic (exact) mass is 328 g/mol. The third-order valence-electron chi connectivity index (χ3n) is 4.10. The first kappa shape index (κ1) is 22.4. The van der Waals surface area contributed by atoms with E-state index in [0.29, 0.717) is 0 Å². The van der Waals surface area contributed by atoms with E-state index in [1.807, 2.05) is 19.1 Å². The Morgan fingerprint density at radius 2 is 1.67 bits per heavy atom. The molecule has 24 heavy (non-hydrogen) atoms. The van der Waals surface area contributed by atoms with Crippen molar-refractivity contribution < 1.29 is 4.79 Å². The molecule has 0 aromatic heterocycles. The first-order valence-corrected chi connectivity index (χ1v) is 9.13. The van der Waals surface area contributed by atoms with E-state index in [1.165, 1.54) is 42.4 Å². The Morgan fingerprint density at radius 1 is 1.08 bits per heavy atom. The molecule has 0 atom stereocenters. The van der Waals surface area contributed by atoms with Crippen LogP contribution in [0.1, 0.15) is 74.1 Å². The fourth-order valence-electron chi connectivity index (χ4n) is 2.80. The molecule has 0 amide bonds. The van der Waals surface area contributed by atoms with Gasteiger partial charge in [0.15, 0.2) is 0 Å². The molecule has 1 nitrogen and oxygen atoms in total. The molecule has 0 aromatic carbocycles. The third-order valence-corrected chi connectivity index (χ3v) is 4.10. The van der Waals surface area contributed by atoms with E-state index >= 15 is 0 Å². The number of aldehydes is 1. The van der Waals surface area contributed by atoms with Crippen molar-refractivity contribution in [2.24, 2.45) is 5.41 Å². The maximum Gasteiger partial charge on any atom is 0.143 e. The number of carbonyl (C=O) groups excluding carboxylic acids is 1. The zero-order chi connectivity index (χ0) is 18.6. The first-order valence-electron chi connectivity index (χ1n) is 9.13. The second kappa shape index (κ2) is 11.8. The molecular weight excluding hydrogens is 292 g/mol. The number of allylic oxidation sites excluding steroid dienone is 10. The van der Waals surface area contributed by atoms with Gasteiger partial charge in [0.25, 0.3) is 0 Å². The Kier molecular flexibility index (Phi) is 11.0. The van der Waals surface area contributed by atoms with E-state index < -0.39 is 0 Å². The summed E-state index contributed by atoms with van der Waals surface area (Å²) in [7, 11) is 0. The van der Waals surface area contributed by atoms with Crippen molar-refractivity contribution in [3.05, 3.63) is 58.7 Å². The highest BCUT2D eigenvalue weighted by Crippen LogP contribution is 2.40. The smallest absolute Gasteiger partial charge is 0.143 e. The third kappa shape index (κ3) is 8.86. The Morgan fingerprint density at radius 3 is 2.21 bits per heavy atom. The molecule has 0 aliphatic heterocycles. The average molecular weight is 329 g/mol. The van der Waals surface area contributed by atoms with Crippen LogP contribution in [0.25, 0.3) is 0 Å². The van der Waals surface area contributed by atoms with E-state index in [2.05, 4.69) is 59.8 Å². The highest BCUT2D eigenvalue weighted by atomic mass is 16.1. The van der Waals surface area contributed by atoms with Crippen molar-refractivity contribution >= 4 is 6.29 Å². The Hall–Kier alpha value is -1.63. The summed E-state index contributed by atoms with van der Waals surface area (Å²) in [6.45, 7) is 15.2. The topological polar surface area (TPSA) is 17.1 Å². The molecule has 0 saturated carbocycles. The second-order valence-corrected chi connectivity index (χ2v) is 7.29. The minimum absolute atomic E-state index is 0.290. The fourth-order valence-corrected chi connectivity index (χ4v) is 2.80. The molecule has 0 saturated heterocycles. The zero-order valence-corrected chi connectivity index (χ0v) is 16.8. The molecule has 1 heteroatoms. The normalized spacial score (nSPS) is 18.8. The molecule has 0 aromatic rings. The lowest BCUT2D eigenvalue weighted by atomic mass is 9.72. The summed E-state index contributed by atoms with van der Waals surface area (Å²) >= 11 is 0. The van der Waals surface area contributed by atoms with Gasteiger partial charge in [0.1, 0.15) is 6.29 Å². The summed E-state index contributed by atoms with van der Waals surface area (Å²) < 4.78 is 0. The van der Waals surface area contributed by atoms with Crippen LogP contribution in [0, 0.1) is 5.41 Å². The molecule has 0 spiro atoms. The summed E-state index contributed by atoms with van der Waals surface area (Å²) in [6, 6.07) is 0. The van der Waals surface area contributed by atoms with Crippen LogP contribution in [-0.2, 0) is 4.79 Å². The lowest BCUT2D eigenvalue weighted by Crippen LogP contribution is -2.19. The van der Waals surface area contributed by atoms with Gasteiger partial charge in [-0.15, -0.1) is 0 Å². The van der Waals surface area contributed by atoms with E-state index in [0.717, 1.165) is 11.9 Å². The summed E-state index contributed by atoms with van der Waals surface area (Å²) in [5.74, 6) is 0. The zero-order valence-electron chi connectivity index (χ0n) is 16.8. The van der Waals surface area contributed by atoms with Crippen LogP contribution in [0.5, 0.6) is 0 Å². The number of hydrogen-bond acceptors (Lipinski definition) is 1. The summed E-state index contributed by atoms with van der Waals surface area (Å²) in [6.07, 6.45) is 17.9. The largest absolute Gasteiger partial charge is 0.299 e. The molecule has 0 fully saturated rings. The van der Waals surface area contributed by atoms with Gasteiger partial charge < -0.3 is 0 Å². The molecular formula is C23H36O. The van der Waals surface area contributed by atoms with Crippen molar-refractivity contribution in [3.8, 4) is 0 Å². The van der Waals surface area contributed by atoms with Gasteiger partial charge in [0.2, 0.25) is 0 Å². The molecule has 0 heterocycles. The van der Waals surface area contributed by atoms with Crippen molar-refractivity contribution in [1.82, 2.24) is 0 Å². The van der Waals surface area contributed by atoms with E-state index in [1.54, 1.807) is 6.08 Å². The maximum absolute atomic E-state index is 10.3. The molecule has 0 radical (unpaired) electrons. The second-order valence-electron chi connectivity index (χ2n) is 7.29. The summed E-state index contributed by atoms with van der Waals surface area (Å²) in [5.41, 5.74) is 5.48. The molecule has 134 valence electrons. The van der Waals surface area contributed by atoms with Crippen LogP contribution in [0.3, 0.4) is 0 Å². The van der Waals surface area contributed by atoms with Crippen LogP contribution in [0.4, 0.5) is 0 Å². The Labute approximate surface area is 149 Å². The quantitative estimate of drug-likeness (QED) is 0.298. The Balaban J connectivity index is 0.00000163. The van der Waals surface area contributed by atoms with Gasteiger partial charge in [0, 0.05) is 0 Å². The minimum Gasteiger partial charge on any atom is -0.299 e. The fraction of sp³-hybridized carbons (Fsp3) is 0.522. The molecule has 1 aliphatic rings. The van der Waals surface area contributed by atoms with Crippen LogP contribution < -0.4 is 0 Å². The minimum atomic E-state index is 0.290. The SMILES string of the molecule is CC1=C(/C=C/C(C)=C/C=C/C(C)=C/C=O)C(C)(C)CCC1.CCC. The highest BCUT2D eigenvalue weighted by Gasteiger charge is 2.26. The van der Waals surface area contributed by atoms with Gasteiger partial charge in [-0.3, -0.25) is 4.79 Å². The summed E-state index contributed by atoms with van der Waals surface area (Å²) in [4.78, 5) is 10.3. The molecule has 0 N–H and O–H groups in total. The molecule has 1 aliphatic carbocycles. The van der Waals surface area contributed by atoms with Crippen molar-refractivity contribution in [3.63, 3.8) is 0 Å². The van der Waals surface area contributed by atoms with Gasteiger partial charge in [-0.05, 0) is 62.7 Å². The van der Waals surface area contributed by atoms with E-state index in [-0.39, 0.29) is 5.41 Å². The predicted molar refractivity (Wildman–Crippen MR) is 108 cm³/mol. The van der Waals surface area contributed by atoms with Gasteiger partial charge in [-0.1, -0.05) is 75.6 Å². The molecule has 0 unspecified atom stereocenters. The highest BCUT2D eigenvalue weighted by molar-refractivity contribution is 5.66. The molecule has 1 rings (SSSR count). The van der Waals surface area contributed by atoms with Crippen LogP contribution >= 0.6 is 0 Å². The lowest BCUT2D eigenvalue weighted by molar-refractivity contribution is -0.104. The summed E-state index contributed by atoms with van der Waals surface area (Å²) in [5, 5.41) is 0. The number of hydrogen-bond donors (Lipinski definition) is 0. The van der Waals surface area contributed by atoms with Crippen LogP contribution in [-0.4, -0.2) is 6.29 Å². The van der Waals surface area contributed by atoms with Crippen molar-refractivity contribution in [2.45, 2.75) is 74.1 Å². The maximum atomic E-state index is 10.3. The lowest BCUT2D eigenvalue weighted by Gasteiger charge is -2.32. The first-order chi connectivity index (χ1) is 11.3. The van der Waals surface area contributed by atoms with Gasteiger partial charge in [-0.25, -0.2) is 0 Å². The van der Waals surface area contributed by atoms with E-state index in [9.17, 15) is 4.79 Å². The average Bonchev–Trinajstić information content (AvgIpc) is 2.47. The van der Waals surface area contributed by atoms with Crippen molar-refractivity contribution in [2.75, 3.05) is 0 Å². The van der Waals surface area contributed by atoms with Gasteiger partial charge in [0.05, 0.1) is 0 Å². The predicted octanol–water partition coefficient (Wildman–Crippen LogP) is 7.13. The number of rotatable bonds is 5. The van der Waals surface area contributed by atoms with Crippen LogP contribution in [0.15, 0.2) is 58.7 Å². The van der Waals surface area contributed by atoms with Crippen LogP contribution in [0.2, 0.25) is 0 Å². The standard InChI is InChI=1S/C20H28O.C3H8/c1-16(8-6-9-17(2)13-15-21)11-12-19-18(3)10-7-14-20(19,4)5;1-3-2/h6,8-9,11-13,15H,7,10,14H2,1-5H3;3H2,1-2H3/b9-6+,12-11+,16-8+,17-13+;. The van der Waals surface area contributed by atoms with Gasteiger partial charge >= 0.3 is 0 Å². The number of carbonyl (C=O) groups is 1. The Bertz CT molecular complexity index is 536. The van der Waals surface area contributed by atoms with Gasteiger partial charge in [-0.2, -0.15) is 0 Å². The van der Waals surface area contributed by atoms with E-state index in [4.69, 9.17) is 0 Å². The van der Waals surface area contributed by atoms with Crippen molar-refractivity contribution in [1.29, 1.82) is 0 Å².